The molecule has 3 amide bonds. The van der Waals surface area contributed by atoms with Gasteiger partial charge in [0, 0.05) is 6.54 Å². The van der Waals surface area contributed by atoms with Crippen molar-refractivity contribution < 1.29 is 14.3 Å². The maximum atomic E-state index is 12.2. The van der Waals surface area contributed by atoms with Crippen molar-refractivity contribution in [2.75, 3.05) is 18.0 Å². The molecule has 2 heterocycles. The summed E-state index contributed by atoms with van der Waals surface area (Å²) in [7, 11) is 0. The number of hydrogen-bond donors (Lipinski definition) is 0. The number of halogens is 1. The lowest BCUT2D eigenvalue weighted by Crippen LogP contribution is -2.40. The zero-order valence-corrected chi connectivity index (χ0v) is 13.6. The first kappa shape index (κ1) is 14.9. The van der Waals surface area contributed by atoms with Crippen molar-refractivity contribution >= 4 is 40.5 Å². The van der Waals surface area contributed by atoms with E-state index in [1.807, 2.05) is 22.6 Å². The fraction of sp³-hybridized carbons (Fsp3) is 0.500. The number of hydrogen-bond acceptors (Lipinski definition) is 5. The van der Waals surface area contributed by atoms with E-state index in [4.69, 9.17) is 4.74 Å². The number of amides is 3. The summed E-state index contributed by atoms with van der Waals surface area (Å²) in [5.41, 5.74) is -0.631. The monoisotopic (exact) mass is 390 g/mol. The van der Waals surface area contributed by atoms with Gasteiger partial charge in [0.2, 0.25) is 0 Å². The van der Waals surface area contributed by atoms with E-state index in [1.54, 1.807) is 32.9 Å². The molecule has 1 fully saturated rings. The quantitative estimate of drug-likeness (QED) is 0.688. The third-order valence-electron chi connectivity index (χ3n) is 2.52. The molecule has 1 aromatic heterocycles. The van der Waals surface area contributed by atoms with E-state index in [1.165, 1.54) is 4.90 Å². The van der Waals surface area contributed by atoms with Crippen LogP contribution in [0.15, 0.2) is 12.1 Å². The van der Waals surface area contributed by atoms with E-state index in [0.29, 0.717) is 12.4 Å². The molecule has 7 nitrogen and oxygen atoms in total. The number of ether oxygens (including phenoxy) is 1. The Labute approximate surface area is 130 Å². The van der Waals surface area contributed by atoms with Crippen LogP contribution in [0.4, 0.5) is 15.4 Å². The van der Waals surface area contributed by atoms with Gasteiger partial charge in [0.25, 0.3) is 0 Å². The van der Waals surface area contributed by atoms with Gasteiger partial charge in [0.05, 0.1) is 6.54 Å². The molecule has 20 heavy (non-hydrogen) atoms. The first-order chi connectivity index (χ1) is 9.28. The second-order valence-electron chi connectivity index (χ2n) is 5.28. The minimum atomic E-state index is -0.636. The van der Waals surface area contributed by atoms with Crippen molar-refractivity contribution in [2.45, 2.75) is 26.4 Å². The maximum absolute atomic E-state index is 12.2. The van der Waals surface area contributed by atoms with Crippen LogP contribution >= 0.6 is 22.6 Å². The lowest BCUT2D eigenvalue weighted by atomic mass is 10.2. The van der Waals surface area contributed by atoms with Crippen molar-refractivity contribution in [3.63, 3.8) is 0 Å². The lowest BCUT2D eigenvalue weighted by molar-refractivity contribution is 0.0354. The number of imide groups is 1. The predicted molar refractivity (Wildman–Crippen MR) is 80.4 cm³/mol. The molecule has 0 aliphatic carbocycles. The Bertz CT molecular complexity index is 526. The second-order valence-corrected chi connectivity index (χ2v) is 6.39. The van der Waals surface area contributed by atoms with Gasteiger partial charge >= 0.3 is 12.1 Å². The van der Waals surface area contributed by atoms with Gasteiger partial charge in [-0.25, -0.2) is 14.5 Å². The number of urea groups is 1. The number of rotatable bonds is 1. The summed E-state index contributed by atoms with van der Waals surface area (Å²) in [4.78, 5) is 26.6. The highest BCUT2D eigenvalue weighted by Crippen LogP contribution is 2.20. The number of anilines is 1. The molecule has 0 atom stereocenters. The summed E-state index contributed by atoms with van der Waals surface area (Å²) in [6.45, 7) is 5.93. The van der Waals surface area contributed by atoms with Crippen molar-refractivity contribution in [1.82, 2.24) is 15.1 Å². The topological polar surface area (TPSA) is 75.6 Å². The van der Waals surface area contributed by atoms with E-state index in [0.717, 1.165) is 8.60 Å². The van der Waals surface area contributed by atoms with Crippen molar-refractivity contribution in [3.8, 4) is 0 Å². The number of aromatic nitrogens is 2. The van der Waals surface area contributed by atoms with Gasteiger partial charge in [0.15, 0.2) is 5.82 Å². The van der Waals surface area contributed by atoms with Gasteiger partial charge in [0.1, 0.15) is 9.30 Å². The molecule has 0 N–H and O–H groups in total. The second kappa shape index (κ2) is 5.51. The summed E-state index contributed by atoms with van der Waals surface area (Å²) in [6, 6.07) is 3.02. The third kappa shape index (κ3) is 3.35. The summed E-state index contributed by atoms with van der Waals surface area (Å²) in [5.74, 6) is 0.432. The molecule has 0 radical (unpaired) electrons. The summed E-state index contributed by atoms with van der Waals surface area (Å²) >= 11 is 2.03. The van der Waals surface area contributed by atoms with Crippen molar-refractivity contribution in [2.24, 2.45) is 0 Å². The Balaban J connectivity index is 2.09. The third-order valence-corrected chi connectivity index (χ3v) is 3.09. The number of nitrogens with zero attached hydrogens (tertiary/aromatic N) is 4. The molecule has 0 unspecified atom stereocenters. The minimum Gasteiger partial charge on any atom is -0.443 e. The van der Waals surface area contributed by atoms with Crippen molar-refractivity contribution in [3.05, 3.63) is 15.8 Å². The fourth-order valence-corrected chi connectivity index (χ4v) is 1.98. The molecular weight excluding hydrogens is 375 g/mol. The minimum absolute atomic E-state index is 0.279. The summed E-state index contributed by atoms with van der Waals surface area (Å²) in [5, 5.41) is 7.84. The van der Waals surface area contributed by atoms with Crippen LogP contribution in [0.1, 0.15) is 20.8 Å². The maximum Gasteiger partial charge on any atom is 0.418 e. The number of carbonyl (C=O) groups excluding carboxylic acids is 2. The molecule has 2 rings (SSSR count). The molecule has 0 saturated carbocycles. The molecule has 0 spiro atoms. The SMILES string of the molecule is CC(C)(C)OC(=O)N1CCN(c2ccc(I)nn2)C1=O. The highest BCUT2D eigenvalue weighted by Gasteiger charge is 2.37. The Kier molecular flexibility index (Phi) is 4.11. The molecule has 0 bridgehead atoms. The molecule has 1 saturated heterocycles. The van der Waals surface area contributed by atoms with Crippen LogP contribution in [-0.4, -0.2) is 45.9 Å². The smallest absolute Gasteiger partial charge is 0.418 e. The molecule has 1 aromatic rings. The number of carbonyl (C=O) groups is 2. The normalized spacial score (nSPS) is 15.7. The molecule has 8 heteroatoms. The van der Waals surface area contributed by atoms with Crippen LogP contribution in [0.2, 0.25) is 0 Å². The van der Waals surface area contributed by atoms with Gasteiger partial charge in [-0.3, -0.25) is 4.90 Å². The largest absolute Gasteiger partial charge is 0.443 e. The first-order valence-electron chi connectivity index (χ1n) is 6.09. The first-order valence-corrected chi connectivity index (χ1v) is 7.17. The van der Waals surface area contributed by atoms with Crippen LogP contribution in [0.25, 0.3) is 0 Å². The molecule has 1 aliphatic rings. The Morgan fingerprint density at radius 1 is 1.30 bits per heavy atom. The van der Waals surface area contributed by atoms with E-state index in [9.17, 15) is 9.59 Å². The van der Waals surface area contributed by atoms with Crippen LogP contribution in [0.5, 0.6) is 0 Å². The van der Waals surface area contributed by atoms with Crippen LogP contribution in [-0.2, 0) is 4.74 Å². The summed E-state index contributed by atoms with van der Waals surface area (Å²) < 4.78 is 5.94. The molecule has 0 aromatic carbocycles. The Morgan fingerprint density at radius 2 is 2.00 bits per heavy atom. The fourth-order valence-electron chi connectivity index (χ4n) is 1.69. The van der Waals surface area contributed by atoms with Crippen molar-refractivity contribution in [1.29, 1.82) is 0 Å². The van der Waals surface area contributed by atoms with Crippen LogP contribution in [0, 0.1) is 3.70 Å². The van der Waals surface area contributed by atoms with E-state index < -0.39 is 17.7 Å². The van der Waals surface area contributed by atoms with E-state index >= 15 is 0 Å². The predicted octanol–water partition coefficient (Wildman–Crippen LogP) is 2.26. The van der Waals surface area contributed by atoms with E-state index in [-0.39, 0.29) is 6.54 Å². The Morgan fingerprint density at radius 3 is 2.55 bits per heavy atom. The van der Waals surface area contributed by atoms with Gasteiger partial charge in [-0.1, -0.05) is 0 Å². The van der Waals surface area contributed by atoms with Crippen LogP contribution in [0.3, 0.4) is 0 Å². The van der Waals surface area contributed by atoms with E-state index in [2.05, 4.69) is 10.2 Å². The van der Waals surface area contributed by atoms with Crippen LogP contribution < -0.4 is 4.90 Å². The lowest BCUT2D eigenvalue weighted by Gasteiger charge is -2.23. The van der Waals surface area contributed by atoms with Gasteiger partial charge < -0.3 is 4.74 Å². The average Bonchev–Trinajstić information content (AvgIpc) is 2.70. The average molecular weight is 390 g/mol. The van der Waals surface area contributed by atoms with Gasteiger partial charge in [-0.2, -0.15) is 0 Å². The van der Waals surface area contributed by atoms with Gasteiger partial charge in [-0.15, -0.1) is 10.2 Å². The zero-order valence-electron chi connectivity index (χ0n) is 11.5. The Hall–Kier alpha value is -1.45. The van der Waals surface area contributed by atoms with Gasteiger partial charge in [-0.05, 0) is 55.5 Å². The zero-order chi connectivity index (χ0) is 14.9. The molecule has 1 aliphatic heterocycles. The highest BCUT2D eigenvalue weighted by molar-refractivity contribution is 14.1. The molecular formula is C12H15IN4O3. The highest BCUT2D eigenvalue weighted by atomic mass is 127. The summed E-state index contributed by atoms with van der Waals surface area (Å²) in [6.07, 6.45) is -0.636. The molecule has 108 valence electrons. The standard InChI is InChI=1S/C12H15IN4O3/c1-12(2,3)20-11(19)17-7-6-16(10(17)18)9-5-4-8(13)14-15-9/h4-5H,6-7H2,1-3H3.